The highest BCUT2D eigenvalue weighted by atomic mass is 19.4. The van der Waals surface area contributed by atoms with Gasteiger partial charge in [-0.3, -0.25) is 4.79 Å². The second-order valence-electron chi connectivity index (χ2n) is 8.32. The number of aliphatic hydroxyl groups excluding tert-OH is 1. The van der Waals surface area contributed by atoms with E-state index in [2.05, 4.69) is 9.97 Å². The van der Waals surface area contributed by atoms with Crippen molar-refractivity contribution in [2.75, 3.05) is 5.73 Å². The van der Waals surface area contributed by atoms with Gasteiger partial charge in [0.05, 0.1) is 29.5 Å². The van der Waals surface area contributed by atoms with Crippen LogP contribution >= 0.6 is 0 Å². The summed E-state index contributed by atoms with van der Waals surface area (Å²) in [5.74, 6) is -2.05. The number of nitrogens with two attached hydrogens (primary N) is 1. The first kappa shape index (κ1) is 25.5. The number of nitrogen functional groups attached to an aromatic ring is 1. The normalized spacial score (nSPS) is 18.8. The Morgan fingerprint density at radius 2 is 1.83 bits per heavy atom. The molecule has 0 aliphatic carbocycles. The molecular weight excluding hydrogens is 494 g/mol. The lowest BCUT2D eigenvalue weighted by atomic mass is 10.0. The van der Waals surface area contributed by atoms with Crippen LogP contribution in [0.15, 0.2) is 42.6 Å². The molecule has 1 fully saturated rings. The van der Waals surface area contributed by atoms with Gasteiger partial charge >= 0.3 is 18.3 Å². The number of benzene rings is 1. The van der Waals surface area contributed by atoms with Gasteiger partial charge < -0.3 is 20.1 Å². The van der Waals surface area contributed by atoms with Crippen LogP contribution in [-0.4, -0.2) is 37.8 Å². The van der Waals surface area contributed by atoms with Crippen LogP contribution < -0.4 is 5.73 Å². The Bertz CT molecular complexity index is 1270. The first-order valence-electron chi connectivity index (χ1n) is 10.8. The molecule has 1 aliphatic rings. The number of rotatable bonds is 5. The predicted octanol–water partition coefficient (Wildman–Crippen LogP) is 4.69. The molecule has 3 N–H and O–H groups in total. The molecule has 0 bridgehead atoms. The van der Waals surface area contributed by atoms with Crippen LogP contribution in [0.2, 0.25) is 0 Å². The molecule has 13 heteroatoms. The first-order valence-corrected chi connectivity index (χ1v) is 10.8. The fourth-order valence-corrected chi connectivity index (χ4v) is 4.13. The van der Waals surface area contributed by atoms with Crippen LogP contribution in [-0.2, 0) is 28.4 Å². The lowest BCUT2D eigenvalue weighted by Gasteiger charge is -2.26. The van der Waals surface area contributed by atoms with Crippen LogP contribution in [0.1, 0.15) is 30.7 Å². The Morgan fingerprint density at radius 1 is 1.08 bits per heavy atom. The Kier molecular flexibility index (Phi) is 6.69. The van der Waals surface area contributed by atoms with Gasteiger partial charge in [0.25, 0.3) is 0 Å². The number of cyclic esters (lactones) is 1. The van der Waals surface area contributed by atoms with E-state index >= 15 is 0 Å². The molecule has 3 aromatic rings. The second-order valence-corrected chi connectivity index (χ2v) is 8.32. The fourth-order valence-electron chi connectivity index (χ4n) is 4.13. The first-order chi connectivity index (χ1) is 16.8. The quantitative estimate of drug-likeness (QED) is 0.378. The molecule has 192 valence electrons. The molecular formula is C23H20F6N4O3. The highest BCUT2D eigenvalue weighted by Crippen LogP contribution is 2.41. The fraction of sp³-hybridized carbons (Fsp3) is 0.348. The van der Waals surface area contributed by atoms with Gasteiger partial charge in [0.2, 0.25) is 5.82 Å². The Balaban J connectivity index is 1.88. The van der Waals surface area contributed by atoms with Gasteiger partial charge in [0.1, 0.15) is 11.9 Å². The van der Waals surface area contributed by atoms with Crippen LogP contribution in [0, 0.1) is 0 Å². The molecule has 0 saturated carbocycles. The molecule has 7 nitrogen and oxygen atoms in total. The zero-order valence-electron chi connectivity index (χ0n) is 18.5. The minimum atomic E-state index is -4.96. The van der Waals surface area contributed by atoms with Crippen LogP contribution in [0.4, 0.5) is 32.2 Å². The number of anilines is 1. The molecule has 0 amide bonds. The maximum atomic E-state index is 14.1. The van der Waals surface area contributed by atoms with Crippen molar-refractivity contribution < 1.29 is 41.0 Å². The monoisotopic (exact) mass is 514 g/mol. The SMILES string of the molecule is Nc1cc(-c2nc(C(F)(F)F)n(CC[C@@H]3C[C@@H](O)CC(=O)O3)c2-c2cccc(C(F)(F)F)c2)ccn1. The van der Waals surface area contributed by atoms with Crippen molar-refractivity contribution in [1.29, 1.82) is 0 Å². The van der Waals surface area contributed by atoms with Crippen molar-refractivity contribution in [2.45, 2.75) is 50.4 Å². The van der Waals surface area contributed by atoms with Crippen molar-refractivity contribution in [3.8, 4) is 22.5 Å². The number of esters is 1. The molecule has 1 aromatic carbocycles. The van der Waals surface area contributed by atoms with Gasteiger partial charge in [0.15, 0.2) is 0 Å². The van der Waals surface area contributed by atoms with E-state index < -0.39 is 48.5 Å². The Labute approximate surface area is 200 Å². The number of alkyl halides is 6. The summed E-state index contributed by atoms with van der Waals surface area (Å²) in [5.41, 5.74) is 4.15. The van der Waals surface area contributed by atoms with Gasteiger partial charge in [-0.2, -0.15) is 26.3 Å². The van der Waals surface area contributed by atoms with Gasteiger partial charge in [-0.1, -0.05) is 12.1 Å². The zero-order chi connectivity index (χ0) is 26.3. The maximum absolute atomic E-state index is 14.1. The summed E-state index contributed by atoms with van der Waals surface area (Å²) < 4.78 is 88.4. The van der Waals surface area contributed by atoms with Crippen LogP contribution in [0.3, 0.4) is 0 Å². The molecule has 0 spiro atoms. The molecule has 4 rings (SSSR count). The summed E-state index contributed by atoms with van der Waals surface area (Å²) in [4.78, 5) is 19.2. The van der Waals surface area contributed by atoms with E-state index in [-0.39, 0.29) is 47.6 Å². The number of imidazole rings is 1. The van der Waals surface area contributed by atoms with Crippen LogP contribution in [0.25, 0.3) is 22.5 Å². The third kappa shape index (κ3) is 5.45. The van der Waals surface area contributed by atoms with Crippen molar-refractivity contribution >= 4 is 11.8 Å². The average molecular weight is 514 g/mol. The van der Waals surface area contributed by atoms with E-state index in [0.717, 1.165) is 22.8 Å². The molecule has 2 aromatic heterocycles. The van der Waals surface area contributed by atoms with Crippen molar-refractivity contribution in [3.05, 3.63) is 54.0 Å². The zero-order valence-corrected chi connectivity index (χ0v) is 18.5. The van der Waals surface area contributed by atoms with E-state index in [1.807, 2.05) is 0 Å². The molecule has 1 aliphatic heterocycles. The third-order valence-corrected chi connectivity index (χ3v) is 5.65. The number of aliphatic hydroxyl groups is 1. The smallest absolute Gasteiger partial charge is 0.449 e. The summed E-state index contributed by atoms with van der Waals surface area (Å²) in [6.45, 7) is -0.404. The number of hydrogen-bond acceptors (Lipinski definition) is 6. The second kappa shape index (κ2) is 9.45. The average Bonchev–Trinajstić information content (AvgIpc) is 3.17. The maximum Gasteiger partial charge on any atom is 0.449 e. The number of nitrogens with zero attached hydrogens (tertiary/aromatic N) is 3. The van der Waals surface area contributed by atoms with E-state index in [4.69, 9.17) is 10.5 Å². The molecule has 36 heavy (non-hydrogen) atoms. The third-order valence-electron chi connectivity index (χ3n) is 5.65. The van der Waals surface area contributed by atoms with E-state index in [0.29, 0.717) is 0 Å². The van der Waals surface area contributed by atoms with Gasteiger partial charge in [-0.15, -0.1) is 0 Å². The van der Waals surface area contributed by atoms with Crippen LogP contribution in [0.5, 0.6) is 0 Å². The minimum Gasteiger partial charge on any atom is -0.462 e. The van der Waals surface area contributed by atoms with E-state index in [9.17, 15) is 36.2 Å². The number of ether oxygens (including phenoxy) is 1. The number of aromatic nitrogens is 3. The lowest BCUT2D eigenvalue weighted by Crippen LogP contribution is -2.33. The molecule has 3 heterocycles. The number of carbonyl (C=O) groups is 1. The summed E-state index contributed by atoms with van der Waals surface area (Å²) in [7, 11) is 0. The minimum absolute atomic E-state index is 0.0197. The Hall–Kier alpha value is -3.61. The predicted molar refractivity (Wildman–Crippen MR) is 115 cm³/mol. The van der Waals surface area contributed by atoms with E-state index in [1.165, 1.54) is 24.4 Å². The summed E-state index contributed by atoms with van der Waals surface area (Å²) in [6, 6.07) is 6.50. The summed E-state index contributed by atoms with van der Waals surface area (Å²) >= 11 is 0. The highest BCUT2D eigenvalue weighted by molar-refractivity contribution is 5.80. The van der Waals surface area contributed by atoms with Gasteiger partial charge in [-0.05, 0) is 24.3 Å². The molecule has 0 radical (unpaired) electrons. The Morgan fingerprint density at radius 3 is 2.47 bits per heavy atom. The largest absolute Gasteiger partial charge is 0.462 e. The molecule has 1 saturated heterocycles. The van der Waals surface area contributed by atoms with Gasteiger partial charge in [-0.25, -0.2) is 9.97 Å². The topological polar surface area (TPSA) is 103 Å². The van der Waals surface area contributed by atoms with Crippen molar-refractivity contribution in [2.24, 2.45) is 0 Å². The number of carbonyl (C=O) groups excluding carboxylic acids is 1. The van der Waals surface area contributed by atoms with Crippen molar-refractivity contribution in [3.63, 3.8) is 0 Å². The number of hydrogen-bond donors (Lipinski definition) is 2. The number of pyridine rings is 1. The summed E-state index contributed by atoms with van der Waals surface area (Å²) in [5, 5.41) is 9.82. The van der Waals surface area contributed by atoms with E-state index in [1.54, 1.807) is 0 Å². The standard InChI is InChI=1S/C23H20F6N4O3/c24-22(25,26)14-3-1-2-13(8-14)20-19(12-4-6-31-17(30)9-12)32-21(23(27,28)29)33(20)7-5-16-10-15(34)11-18(35)36-16/h1-4,6,8-9,15-16,34H,5,7,10-11H2,(H2,30,31)/t15-,16-/m1/s1. The molecule has 0 unspecified atom stereocenters. The highest BCUT2D eigenvalue weighted by Gasteiger charge is 2.40. The lowest BCUT2D eigenvalue weighted by molar-refractivity contribution is -0.161. The number of halogens is 6. The molecule has 2 atom stereocenters. The van der Waals surface area contributed by atoms with Gasteiger partial charge in [0, 0.05) is 36.7 Å². The summed E-state index contributed by atoms with van der Waals surface area (Å²) in [6.07, 6.45) is -10.7. The van der Waals surface area contributed by atoms with Crippen molar-refractivity contribution in [1.82, 2.24) is 14.5 Å².